The number of rotatable bonds is 4. The summed E-state index contributed by atoms with van der Waals surface area (Å²) in [4.78, 5) is 24.8. The second kappa shape index (κ2) is 6.02. The van der Waals surface area contributed by atoms with E-state index in [4.69, 9.17) is 5.11 Å². The lowest BCUT2D eigenvalue weighted by Gasteiger charge is -2.36. The molecule has 0 spiro atoms. The number of hydrogen-bond donors (Lipinski definition) is 1. The number of carbonyl (C=O) groups is 1. The summed E-state index contributed by atoms with van der Waals surface area (Å²) in [6.45, 7) is 4.29. The Morgan fingerprint density at radius 2 is 2.21 bits per heavy atom. The maximum atomic E-state index is 11.6. The number of carboxylic acid groups (broad SMARTS) is 1. The van der Waals surface area contributed by atoms with Crippen molar-refractivity contribution in [1.29, 1.82) is 0 Å². The van der Waals surface area contributed by atoms with Gasteiger partial charge in [-0.2, -0.15) is 0 Å². The molecule has 5 nitrogen and oxygen atoms in total. The second-order valence-corrected chi connectivity index (χ2v) is 5.18. The summed E-state index contributed by atoms with van der Waals surface area (Å²) in [6.07, 6.45) is 3.18. The van der Waals surface area contributed by atoms with E-state index in [1.54, 1.807) is 22.9 Å². The molecule has 1 N–H and O–H groups in total. The van der Waals surface area contributed by atoms with Crippen LogP contribution in [0.5, 0.6) is 0 Å². The predicted molar refractivity (Wildman–Crippen MR) is 72.1 cm³/mol. The molecule has 1 aromatic heterocycles. The fourth-order valence-electron chi connectivity index (χ4n) is 2.66. The molecule has 1 aliphatic heterocycles. The average Bonchev–Trinajstić information content (AvgIpc) is 2.39. The lowest BCUT2D eigenvalue weighted by Crippen LogP contribution is -2.44. The first-order chi connectivity index (χ1) is 9.08. The number of aromatic nitrogens is 1. The Morgan fingerprint density at radius 3 is 2.84 bits per heavy atom. The third-order valence-electron chi connectivity index (χ3n) is 3.89. The zero-order valence-electron chi connectivity index (χ0n) is 11.2. The molecule has 2 atom stereocenters. The molecule has 104 valence electrons. The summed E-state index contributed by atoms with van der Waals surface area (Å²) in [6, 6.07) is 5.40. The fraction of sp³-hybridized carbons (Fsp3) is 0.571. The molecule has 0 saturated carbocycles. The summed E-state index contributed by atoms with van der Waals surface area (Å²) in [5, 5.41) is 9.02. The number of carboxylic acids is 1. The highest BCUT2D eigenvalue weighted by Crippen LogP contribution is 2.22. The number of pyridine rings is 1. The van der Waals surface area contributed by atoms with Crippen LogP contribution in [0.3, 0.4) is 0 Å². The first-order valence-corrected chi connectivity index (χ1v) is 6.70. The molecule has 0 amide bonds. The van der Waals surface area contributed by atoms with Crippen molar-refractivity contribution in [2.24, 2.45) is 5.92 Å². The van der Waals surface area contributed by atoms with Crippen LogP contribution in [0.1, 0.15) is 19.8 Å². The Labute approximate surface area is 112 Å². The number of piperidine rings is 1. The largest absolute Gasteiger partial charge is 0.481 e. The van der Waals surface area contributed by atoms with Crippen LogP contribution in [0.25, 0.3) is 0 Å². The third-order valence-corrected chi connectivity index (χ3v) is 3.89. The van der Waals surface area contributed by atoms with Gasteiger partial charge in [0, 0.05) is 31.4 Å². The van der Waals surface area contributed by atoms with Crippen molar-refractivity contribution in [1.82, 2.24) is 9.47 Å². The van der Waals surface area contributed by atoms with Gasteiger partial charge in [0.15, 0.2) is 0 Å². The molecule has 2 rings (SSSR count). The van der Waals surface area contributed by atoms with E-state index in [9.17, 15) is 9.59 Å². The van der Waals surface area contributed by atoms with E-state index < -0.39 is 5.97 Å². The smallest absolute Gasteiger partial charge is 0.306 e. The van der Waals surface area contributed by atoms with Crippen LogP contribution in [0, 0.1) is 5.92 Å². The molecule has 1 aliphatic rings. The molecule has 2 heterocycles. The summed E-state index contributed by atoms with van der Waals surface area (Å²) in [7, 11) is 0. The van der Waals surface area contributed by atoms with Crippen LogP contribution in [-0.4, -0.2) is 39.7 Å². The monoisotopic (exact) mass is 264 g/mol. The van der Waals surface area contributed by atoms with Gasteiger partial charge in [0.2, 0.25) is 0 Å². The molecule has 19 heavy (non-hydrogen) atoms. The summed E-state index contributed by atoms with van der Waals surface area (Å²) in [5.74, 6) is -0.906. The van der Waals surface area contributed by atoms with E-state index in [1.807, 2.05) is 6.07 Å². The zero-order valence-corrected chi connectivity index (χ0v) is 11.2. The molecule has 2 unspecified atom stereocenters. The first kappa shape index (κ1) is 13.8. The Morgan fingerprint density at radius 1 is 1.42 bits per heavy atom. The van der Waals surface area contributed by atoms with Crippen molar-refractivity contribution in [3.05, 3.63) is 34.7 Å². The predicted octanol–water partition coefficient (Wildman–Crippen LogP) is 1.03. The van der Waals surface area contributed by atoms with Gasteiger partial charge in [-0.25, -0.2) is 0 Å². The summed E-state index contributed by atoms with van der Waals surface area (Å²) >= 11 is 0. The van der Waals surface area contributed by atoms with Crippen molar-refractivity contribution >= 4 is 5.97 Å². The number of likely N-dealkylation sites (tertiary alicyclic amines) is 1. The Bertz CT molecular complexity index is 497. The van der Waals surface area contributed by atoms with Gasteiger partial charge >= 0.3 is 5.97 Å². The van der Waals surface area contributed by atoms with E-state index in [0.29, 0.717) is 19.4 Å². The quantitative estimate of drug-likeness (QED) is 0.882. The lowest BCUT2D eigenvalue weighted by atomic mass is 9.92. The maximum Gasteiger partial charge on any atom is 0.306 e. The van der Waals surface area contributed by atoms with Crippen LogP contribution in [-0.2, 0) is 11.3 Å². The van der Waals surface area contributed by atoms with Crippen molar-refractivity contribution in [2.75, 3.05) is 13.1 Å². The summed E-state index contributed by atoms with van der Waals surface area (Å²) in [5.41, 5.74) is 0.00979. The number of hydrogen-bond acceptors (Lipinski definition) is 3. The molecule has 0 aromatic carbocycles. The zero-order chi connectivity index (χ0) is 13.8. The van der Waals surface area contributed by atoms with E-state index in [1.165, 1.54) is 0 Å². The van der Waals surface area contributed by atoms with Crippen molar-refractivity contribution in [3.63, 3.8) is 0 Å². The third kappa shape index (κ3) is 3.44. The van der Waals surface area contributed by atoms with Crippen molar-refractivity contribution < 1.29 is 9.90 Å². The van der Waals surface area contributed by atoms with E-state index >= 15 is 0 Å². The highest BCUT2D eigenvalue weighted by Gasteiger charge is 2.29. The molecule has 0 aliphatic carbocycles. The molecule has 1 fully saturated rings. The van der Waals surface area contributed by atoms with Gasteiger partial charge in [-0.05, 0) is 32.4 Å². The van der Waals surface area contributed by atoms with Crippen LogP contribution in [0.15, 0.2) is 29.2 Å². The minimum absolute atomic E-state index is 0.00979. The van der Waals surface area contributed by atoms with Gasteiger partial charge in [0.1, 0.15) is 0 Å². The molecule has 1 aromatic rings. The fourth-order valence-corrected chi connectivity index (χ4v) is 2.66. The molecule has 0 bridgehead atoms. The second-order valence-electron chi connectivity index (χ2n) is 5.18. The average molecular weight is 264 g/mol. The minimum Gasteiger partial charge on any atom is -0.481 e. The molecule has 1 saturated heterocycles. The molecular weight excluding hydrogens is 244 g/mol. The van der Waals surface area contributed by atoms with Gasteiger partial charge in [-0.3, -0.25) is 14.5 Å². The molecule has 5 heteroatoms. The SMILES string of the molecule is CC1CC(C(=O)O)CCN1CCn1ccccc1=O. The van der Waals surface area contributed by atoms with E-state index in [-0.39, 0.29) is 17.5 Å². The Kier molecular flexibility index (Phi) is 4.37. The first-order valence-electron chi connectivity index (χ1n) is 6.70. The van der Waals surface area contributed by atoms with Gasteiger partial charge in [-0.1, -0.05) is 6.07 Å². The number of aliphatic carboxylic acids is 1. The van der Waals surface area contributed by atoms with Crippen molar-refractivity contribution in [2.45, 2.75) is 32.4 Å². The minimum atomic E-state index is -0.689. The van der Waals surface area contributed by atoms with Crippen LogP contribution in [0.4, 0.5) is 0 Å². The van der Waals surface area contributed by atoms with Crippen molar-refractivity contribution in [3.8, 4) is 0 Å². The van der Waals surface area contributed by atoms with Gasteiger partial charge in [0.05, 0.1) is 5.92 Å². The van der Waals surface area contributed by atoms with Crippen LogP contribution >= 0.6 is 0 Å². The molecular formula is C14H20N2O3. The Hall–Kier alpha value is -1.62. The highest BCUT2D eigenvalue weighted by atomic mass is 16.4. The van der Waals surface area contributed by atoms with Gasteiger partial charge in [0.25, 0.3) is 5.56 Å². The topological polar surface area (TPSA) is 62.5 Å². The highest BCUT2D eigenvalue weighted by molar-refractivity contribution is 5.70. The Balaban J connectivity index is 1.89. The van der Waals surface area contributed by atoms with Gasteiger partial charge in [-0.15, -0.1) is 0 Å². The van der Waals surface area contributed by atoms with Crippen LogP contribution < -0.4 is 5.56 Å². The van der Waals surface area contributed by atoms with E-state index in [0.717, 1.165) is 13.1 Å². The normalized spacial score (nSPS) is 24.3. The standard InChI is InChI=1S/C14H20N2O3/c1-11-10-12(14(18)19)5-7-15(11)8-9-16-6-3-2-4-13(16)17/h2-4,6,11-12H,5,7-10H2,1H3,(H,18,19). The lowest BCUT2D eigenvalue weighted by molar-refractivity contribution is -0.144. The maximum absolute atomic E-state index is 11.6. The van der Waals surface area contributed by atoms with Crippen LogP contribution in [0.2, 0.25) is 0 Å². The molecule has 0 radical (unpaired) electrons. The number of nitrogens with zero attached hydrogens (tertiary/aromatic N) is 2. The van der Waals surface area contributed by atoms with Gasteiger partial charge < -0.3 is 9.67 Å². The summed E-state index contributed by atoms with van der Waals surface area (Å²) < 4.78 is 1.69. The van der Waals surface area contributed by atoms with E-state index in [2.05, 4.69) is 11.8 Å².